The third-order valence-corrected chi connectivity index (χ3v) is 8.58. The van der Waals surface area contributed by atoms with Crippen molar-refractivity contribution in [1.29, 1.82) is 0 Å². The van der Waals surface area contributed by atoms with Gasteiger partial charge in [0.05, 0.1) is 5.69 Å². The van der Waals surface area contributed by atoms with Crippen LogP contribution in [0.5, 0.6) is 0 Å². The van der Waals surface area contributed by atoms with Crippen LogP contribution < -0.4 is 4.90 Å². The lowest BCUT2D eigenvalue weighted by Gasteiger charge is -2.32. The number of fused-ring (bicyclic) bond motifs is 2. The lowest BCUT2D eigenvalue weighted by Crippen LogP contribution is -2.16. The van der Waals surface area contributed by atoms with E-state index in [-0.39, 0.29) is 0 Å². The summed E-state index contributed by atoms with van der Waals surface area (Å²) in [6, 6.07) is 49.9. The van der Waals surface area contributed by atoms with E-state index in [1.54, 1.807) is 6.33 Å². The molecule has 6 aromatic carbocycles. The van der Waals surface area contributed by atoms with Gasteiger partial charge in [-0.2, -0.15) is 0 Å². The minimum Gasteiger partial charge on any atom is -0.294 e. The van der Waals surface area contributed by atoms with Crippen LogP contribution in [0, 0.1) is 0 Å². The van der Waals surface area contributed by atoms with Crippen molar-refractivity contribution in [1.82, 2.24) is 24.9 Å². The van der Waals surface area contributed by atoms with E-state index in [0.717, 1.165) is 45.0 Å². The van der Waals surface area contributed by atoms with E-state index in [1.807, 2.05) is 72.9 Å². The van der Waals surface area contributed by atoms with Crippen molar-refractivity contribution in [3.8, 4) is 56.4 Å². The zero-order chi connectivity index (χ0) is 31.2. The Morgan fingerprint density at radius 1 is 0.447 bits per heavy atom. The second kappa shape index (κ2) is 11.1. The van der Waals surface area contributed by atoms with Crippen LogP contribution in [-0.4, -0.2) is 24.9 Å². The SMILES string of the molecule is c1ccc(-c2cc3c4c(cccc4c2)N(c2ccc(-c4nc(-c5ccccc5)nc(-c5ccccc5)n4)cc2)c2ncncc2-3)cc1. The Hall–Kier alpha value is -6.53. The second-order valence-electron chi connectivity index (χ2n) is 11.4. The third kappa shape index (κ3) is 4.71. The lowest BCUT2D eigenvalue weighted by molar-refractivity contribution is 1.07. The van der Waals surface area contributed by atoms with Crippen LogP contribution in [0.1, 0.15) is 0 Å². The molecule has 0 amide bonds. The number of benzene rings is 6. The molecular formula is C41H26N6. The molecule has 0 fully saturated rings. The van der Waals surface area contributed by atoms with Gasteiger partial charge in [0, 0.05) is 39.5 Å². The van der Waals surface area contributed by atoms with Crippen molar-refractivity contribution in [2.75, 3.05) is 4.90 Å². The normalized spacial score (nSPS) is 11.8. The Bertz CT molecular complexity index is 2340. The maximum absolute atomic E-state index is 4.92. The molecule has 0 aliphatic carbocycles. The molecule has 0 saturated carbocycles. The Kier molecular flexibility index (Phi) is 6.35. The number of hydrogen-bond acceptors (Lipinski definition) is 6. The molecule has 2 aromatic heterocycles. The summed E-state index contributed by atoms with van der Waals surface area (Å²) in [6.45, 7) is 0. The molecule has 0 radical (unpaired) electrons. The fourth-order valence-corrected chi connectivity index (χ4v) is 6.37. The van der Waals surface area contributed by atoms with Gasteiger partial charge >= 0.3 is 0 Å². The van der Waals surface area contributed by atoms with E-state index < -0.39 is 0 Å². The van der Waals surface area contributed by atoms with E-state index in [2.05, 4.69) is 88.7 Å². The average molecular weight is 603 g/mol. The maximum atomic E-state index is 4.92. The molecule has 0 spiro atoms. The molecule has 220 valence electrons. The molecule has 6 heteroatoms. The predicted octanol–water partition coefficient (Wildman–Crippen LogP) is 9.93. The monoisotopic (exact) mass is 602 g/mol. The lowest BCUT2D eigenvalue weighted by atomic mass is 9.90. The third-order valence-electron chi connectivity index (χ3n) is 8.58. The summed E-state index contributed by atoms with van der Waals surface area (Å²) in [6.07, 6.45) is 3.54. The molecule has 0 saturated heterocycles. The molecule has 1 aliphatic heterocycles. The largest absolute Gasteiger partial charge is 0.294 e. The minimum absolute atomic E-state index is 0.617. The Morgan fingerprint density at radius 2 is 1.02 bits per heavy atom. The zero-order valence-electron chi connectivity index (χ0n) is 25.2. The molecular weight excluding hydrogens is 576 g/mol. The van der Waals surface area contributed by atoms with Gasteiger partial charge in [-0.15, -0.1) is 0 Å². The van der Waals surface area contributed by atoms with E-state index in [4.69, 9.17) is 19.9 Å². The van der Waals surface area contributed by atoms with Crippen molar-refractivity contribution < 1.29 is 0 Å². The number of rotatable bonds is 5. The average Bonchev–Trinajstić information content (AvgIpc) is 3.16. The van der Waals surface area contributed by atoms with Gasteiger partial charge in [-0.1, -0.05) is 103 Å². The molecule has 47 heavy (non-hydrogen) atoms. The van der Waals surface area contributed by atoms with Crippen LogP contribution in [0.3, 0.4) is 0 Å². The summed E-state index contributed by atoms with van der Waals surface area (Å²) in [7, 11) is 0. The summed E-state index contributed by atoms with van der Waals surface area (Å²) < 4.78 is 0. The topological polar surface area (TPSA) is 67.7 Å². The van der Waals surface area contributed by atoms with Crippen LogP contribution in [0.2, 0.25) is 0 Å². The maximum Gasteiger partial charge on any atom is 0.164 e. The Balaban J connectivity index is 1.17. The van der Waals surface area contributed by atoms with Gasteiger partial charge < -0.3 is 0 Å². The van der Waals surface area contributed by atoms with Crippen LogP contribution in [0.25, 0.3) is 67.2 Å². The molecule has 0 N–H and O–H groups in total. The zero-order valence-corrected chi connectivity index (χ0v) is 25.2. The van der Waals surface area contributed by atoms with Gasteiger partial charge in [-0.05, 0) is 64.5 Å². The van der Waals surface area contributed by atoms with E-state index in [0.29, 0.717) is 17.5 Å². The van der Waals surface area contributed by atoms with Crippen LogP contribution >= 0.6 is 0 Å². The quantitative estimate of drug-likeness (QED) is 0.195. The molecule has 6 nitrogen and oxygen atoms in total. The summed E-state index contributed by atoms with van der Waals surface area (Å²) in [4.78, 5) is 26.2. The van der Waals surface area contributed by atoms with Gasteiger partial charge in [-0.3, -0.25) is 4.90 Å². The highest BCUT2D eigenvalue weighted by atomic mass is 15.2. The summed E-state index contributed by atoms with van der Waals surface area (Å²) >= 11 is 0. The molecule has 0 unspecified atom stereocenters. The highest BCUT2D eigenvalue weighted by Gasteiger charge is 2.28. The second-order valence-corrected chi connectivity index (χ2v) is 11.4. The first-order valence-electron chi connectivity index (χ1n) is 15.5. The molecule has 0 atom stereocenters. The Morgan fingerprint density at radius 3 is 1.64 bits per heavy atom. The van der Waals surface area contributed by atoms with Crippen molar-refractivity contribution in [3.05, 3.63) is 158 Å². The first-order chi connectivity index (χ1) is 23.3. The standard InChI is InChI=1S/C41H26N6/c1-4-11-27(12-5-1)32-23-31-17-10-18-36-37(31)34(24-32)35-25-42-26-43-41(35)47(36)33-21-19-30(20-22-33)40-45-38(28-13-6-2-7-14-28)44-39(46-40)29-15-8-3-9-16-29/h1-26H. The van der Waals surface area contributed by atoms with E-state index in [1.165, 1.54) is 21.9 Å². The summed E-state index contributed by atoms with van der Waals surface area (Å²) in [5.41, 5.74) is 9.32. The van der Waals surface area contributed by atoms with E-state index in [9.17, 15) is 0 Å². The number of hydrogen-bond donors (Lipinski definition) is 0. The van der Waals surface area contributed by atoms with Gasteiger partial charge in [-0.25, -0.2) is 24.9 Å². The highest BCUT2D eigenvalue weighted by molar-refractivity contribution is 6.14. The fraction of sp³-hybridized carbons (Fsp3) is 0. The van der Waals surface area contributed by atoms with Crippen molar-refractivity contribution in [3.63, 3.8) is 0 Å². The van der Waals surface area contributed by atoms with Crippen molar-refractivity contribution in [2.24, 2.45) is 0 Å². The Labute approximate surface area is 271 Å². The van der Waals surface area contributed by atoms with Crippen LogP contribution in [0.4, 0.5) is 17.2 Å². The predicted molar refractivity (Wildman–Crippen MR) is 188 cm³/mol. The fourth-order valence-electron chi connectivity index (χ4n) is 6.37. The van der Waals surface area contributed by atoms with Crippen LogP contribution in [-0.2, 0) is 0 Å². The van der Waals surface area contributed by atoms with Crippen molar-refractivity contribution >= 4 is 28.0 Å². The number of aromatic nitrogens is 5. The summed E-state index contributed by atoms with van der Waals surface area (Å²) in [5.74, 6) is 2.74. The molecule has 8 aromatic rings. The van der Waals surface area contributed by atoms with Crippen molar-refractivity contribution in [2.45, 2.75) is 0 Å². The van der Waals surface area contributed by atoms with Crippen LogP contribution in [0.15, 0.2) is 158 Å². The first kappa shape index (κ1) is 26.8. The summed E-state index contributed by atoms with van der Waals surface area (Å²) in [5, 5.41) is 2.35. The molecule has 9 rings (SSSR count). The van der Waals surface area contributed by atoms with Gasteiger partial charge in [0.2, 0.25) is 0 Å². The molecule has 3 heterocycles. The van der Waals surface area contributed by atoms with Gasteiger partial charge in [0.1, 0.15) is 12.1 Å². The van der Waals surface area contributed by atoms with Gasteiger partial charge in [0.25, 0.3) is 0 Å². The van der Waals surface area contributed by atoms with Gasteiger partial charge in [0.15, 0.2) is 17.5 Å². The molecule has 1 aliphatic rings. The minimum atomic E-state index is 0.617. The first-order valence-corrected chi connectivity index (χ1v) is 15.5. The number of nitrogens with zero attached hydrogens (tertiary/aromatic N) is 6. The number of anilines is 3. The smallest absolute Gasteiger partial charge is 0.164 e. The molecule has 0 bridgehead atoms. The van der Waals surface area contributed by atoms with E-state index >= 15 is 0 Å². The highest BCUT2D eigenvalue weighted by Crippen LogP contribution is 2.50.